The van der Waals surface area contributed by atoms with Crippen molar-refractivity contribution in [3.8, 4) is 0 Å². The molecule has 8 N–H and O–H groups in total. The van der Waals surface area contributed by atoms with E-state index in [-0.39, 0.29) is 46.8 Å². The first-order valence-electron chi connectivity index (χ1n) is 19.0. The van der Waals surface area contributed by atoms with E-state index in [1.165, 1.54) is 12.6 Å². The Hall–Kier alpha value is -2.28. The van der Waals surface area contributed by atoms with Gasteiger partial charge in [-0.1, -0.05) is 32.1 Å². The van der Waals surface area contributed by atoms with Gasteiger partial charge in [0.2, 0.25) is 11.8 Å². The molecule has 0 bridgehead atoms. The molecule has 48 heavy (non-hydrogen) atoms. The lowest BCUT2D eigenvalue weighted by Crippen LogP contribution is -2.64. The van der Waals surface area contributed by atoms with Crippen molar-refractivity contribution in [1.82, 2.24) is 31.1 Å². The first-order valence-corrected chi connectivity index (χ1v) is 19.0. The van der Waals surface area contributed by atoms with Gasteiger partial charge in [-0.25, -0.2) is 8.78 Å². The standard InChI is InChI=1S/C36H60F2N8O2/c1-23-22-46(18-15-41-23)35(48)25-10-16-45(17-11-25)32-28(21-43-31(30(32)38)24-7-3-2-4-8-24)44-34(47)29(33(39)40)27-19-36(12-5-6-13-36)14-9-26(37)20-42-27/h20,23-25,27-29,32-33,41-43H,2-19,21-22,39-40H2,1H3,(H,44,47)/t23-,27?,28?,29?,32?/m1/s1. The minimum absolute atomic E-state index is 0.0418. The summed E-state index contributed by atoms with van der Waals surface area (Å²) >= 11 is 0. The minimum atomic E-state index is -0.973. The fraction of sp³-hybridized carbons (Fsp3) is 0.833. The summed E-state index contributed by atoms with van der Waals surface area (Å²) in [5.41, 5.74) is 13.3. The summed E-state index contributed by atoms with van der Waals surface area (Å²) < 4.78 is 31.6. The smallest absolute Gasteiger partial charge is 0.228 e. The van der Waals surface area contributed by atoms with E-state index in [9.17, 15) is 14.0 Å². The number of halogens is 2. The number of rotatable bonds is 7. The van der Waals surface area contributed by atoms with Gasteiger partial charge in [0.25, 0.3) is 0 Å². The van der Waals surface area contributed by atoms with Gasteiger partial charge >= 0.3 is 0 Å². The van der Waals surface area contributed by atoms with Crippen LogP contribution in [0, 0.1) is 23.2 Å². The molecular weight excluding hydrogens is 614 g/mol. The zero-order valence-corrected chi connectivity index (χ0v) is 29.0. The van der Waals surface area contributed by atoms with Crippen molar-refractivity contribution in [2.24, 2.45) is 34.6 Å². The van der Waals surface area contributed by atoms with Gasteiger partial charge in [0.15, 0.2) is 0 Å². The van der Waals surface area contributed by atoms with Crippen LogP contribution in [0.2, 0.25) is 0 Å². The molecule has 5 atom stereocenters. The fourth-order valence-corrected chi connectivity index (χ4v) is 9.84. The van der Waals surface area contributed by atoms with Crippen molar-refractivity contribution in [3.05, 3.63) is 23.6 Å². The van der Waals surface area contributed by atoms with Crippen LogP contribution < -0.4 is 32.7 Å². The number of piperazine rings is 1. The maximum absolute atomic E-state index is 16.9. The molecule has 6 rings (SSSR count). The average molecular weight is 675 g/mol. The number of piperidine rings is 1. The summed E-state index contributed by atoms with van der Waals surface area (Å²) in [6.07, 6.45) is 13.1. The van der Waals surface area contributed by atoms with Gasteiger partial charge in [-0.2, -0.15) is 0 Å². The van der Waals surface area contributed by atoms with E-state index in [0.29, 0.717) is 57.6 Å². The predicted octanol–water partition coefficient (Wildman–Crippen LogP) is 3.11. The van der Waals surface area contributed by atoms with Crippen molar-refractivity contribution in [1.29, 1.82) is 0 Å². The number of hydrogen-bond acceptors (Lipinski definition) is 8. The summed E-state index contributed by atoms with van der Waals surface area (Å²) in [6, 6.07) is -1.34. The lowest BCUT2D eigenvalue weighted by molar-refractivity contribution is -0.138. The number of allylic oxidation sites excluding steroid dienone is 2. The fourth-order valence-electron chi connectivity index (χ4n) is 9.84. The molecular formula is C36H60F2N8O2. The molecule has 4 heterocycles. The molecule has 270 valence electrons. The highest BCUT2D eigenvalue weighted by Gasteiger charge is 2.45. The van der Waals surface area contributed by atoms with Crippen LogP contribution in [0.3, 0.4) is 0 Å². The summed E-state index contributed by atoms with van der Waals surface area (Å²) in [5, 5.41) is 13.2. The first kappa shape index (κ1) is 35.5. The summed E-state index contributed by atoms with van der Waals surface area (Å²) in [6.45, 7) is 5.90. The molecule has 1 spiro atoms. The highest BCUT2D eigenvalue weighted by molar-refractivity contribution is 5.81. The predicted molar refractivity (Wildman–Crippen MR) is 183 cm³/mol. The van der Waals surface area contributed by atoms with Gasteiger partial charge in [0.05, 0.1) is 24.2 Å². The molecule has 0 aromatic heterocycles. The number of amides is 2. The van der Waals surface area contributed by atoms with Crippen LogP contribution in [-0.4, -0.2) is 91.2 Å². The van der Waals surface area contributed by atoms with E-state index in [0.717, 1.165) is 70.9 Å². The molecule has 0 radical (unpaired) electrons. The van der Waals surface area contributed by atoms with Crippen LogP contribution >= 0.6 is 0 Å². The average Bonchev–Trinajstić information content (AvgIpc) is 3.55. The Bertz CT molecular complexity index is 1190. The number of nitrogens with one attached hydrogen (secondary N) is 4. The number of carbonyl (C=O) groups excluding carboxylic acids is 2. The molecule has 4 fully saturated rings. The van der Waals surface area contributed by atoms with Crippen molar-refractivity contribution in [3.63, 3.8) is 0 Å². The molecule has 12 heteroatoms. The van der Waals surface area contributed by atoms with E-state index < -0.39 is 30.2 Å². The van der Waals surface area contributed by atoms with E-state index in [2.05, 4.69) is 33.1 Å². The van der Waals surface area contributed by atoms with E-state index in [1.54, 1.807) is 0 Å². The Morgan fingerprint density at radius 2 is 1.73 bits per heavy atom. The Labute approximate surface area is 285 Å². The molecule has 2 aliphatic carbocycles. The molecule has 2 saturated heterocycles. The quantitative estimate of drug-likeness (QED) is 0.227. The topological polar surface area (TPSA) is 141 Å². The van der Waals surface area contributed by atoms with Crippen LogP contribution in [0.4, 0.5) is 8.78 Å². The number of carbonyl (C=O) groups is 2. The summed E-state index contributed by atoms with van der Waals surface area (Å²) in [4.78, 5) is 31.8. The second-order valence-electron chi connectivity index (χ2n) is 15.9. The van der Waals surface area contributed by atoms with Crippen molar-refractivity contribution in [2.45, 2.75) is 127 Å². The van der Waals surface area contributed by atoms with E-state index in [1.807, 2.05) is 4.90 Å². The number of nitrogens with zero attached hydrogens (tertiary/aromatic N) is 2. The highest BCUT2D eigenvalue weighted by Crippen LogP contribution is 2.48. The molecule has 4 aliphatic heterocycles. The third-order valence-electron chi connectivity index (χ3n) is 12.5. The number of hydrogen-bond donors (Lipinski definition) is 6. The zero-order valence-electron chi connectivity index (χ0n) is 29.0. The molecule has 0 aromatic carbocycles. The minimum Gasteiger partial charge on any atom is -0.385 e. The summed E-state index contributed by atoms with van der Waals surface area (Å²) in [7, 11) is 0. The Kier molecular flexibility index (Phi) is 11.6. The maximum atomic E-state index is 16.9. The van der Waals surface area contributed by atoms with E-state index in [4.69, 9.17) is 11.5 Å². The number of likely N-dealkylation sites (tertiary alicyclic amines) is 1. The Morgan fingerprint density at radius 3 is 2.42 bits per heavy atom. The van der Waals surface area contributed by atoms with Gasteiger partial charge in [-0.05, 0) is 76.8 Å². The van der Waals surface area contributed by atoms with Crippen molar-refractivity contribution in [2.75, 3.05) is 39.3 Å². The zero-order chi connectivity index (χ0) is 33.8. The number of nitrogens with two attached hydrogens (primary N) is 2. The molecule has 0 aromatic rings. The van der Waals surface area contributed by atoms with Crippen LogP contribution in [0.1, 0.15) is 96.8 Å². The lowest BCUT2D eigenvalue weighted by Gasteiger charge is -2.45. The van der Waals surface area contributed by atoms with Crippen LogP contribution in [0.15, 0.2) is 23.6 Å². The van der Waals surface area contributed by atoms with Gasteiger partial charge in [0, 0.05) is 68.4 Å². The second kappa shape index (κ2) is 15.7. The van der Waals surface area contributed by atoms with Crippen LogP contribution in [0.25, 0.3) is 0 Å². The van der Waals surface area contributed by atoms with E-state index >= 15 is 4.39 Å². The van der Waals surface area contributed by atoms with Crippen LogP contribution in [-0.2, 0) is 9.59 Å². The Morgan fingerprint density at radius 1 is 1.00 bits per heavy atom. The monoisotopic (exact) mass is 674 g/mol. The summed E-state index contributed by atoms with van der Waals surface area (Å²) in [5.74, 6) is -1.27. The first-order chi connectivity index (χ1) is 23.1. The van der Waals surface area contributed by atoms with Gasteiger partial charge in [0.1, 0.15) is 11.7 Å². The lowest BCUT2D eigenvalue weighted by atomic mass is 9.72. The third-order valence-corrected chi connectivity index (χ3v) is 12.5. The van der Waals surface area contributed by atoms with Crippen molar-refractivity contribution >= 4 is 11.8 Å². The largest absolute Gasteiger partial charge is 0.385 e. The van der Waals surface area contributed by atoms with Crippen molar-refractivity contribution < 1.29 is 18.4 Å². The van der Waals surface area contributed by atoms with Gasteiger partial charge in [-0.3, -0.25) is 14.5 Å². The maximum Gasteiger partial charge on any atom is 0.228 e. The van der Waals surface area contributed by atoms with Gasteiger partial charge in [-0.15, -0.1) is 0 Å². The molecule has 4 unspecified atom stereocenters. The molecule has 2 saturated carbocycles. The second-order valence-corrected chi connectivity index (χ2v) is 15.9. The highest BCUT2D eigenvalue weighted by atomic mass is 19.1. The molecule has 2 amide bonds. The molecule has 10 nitrogen and oxygen atoms in total. The Balaban J connectivity index is 1.20. The SMILES string of the molecule is C[C@@H]1CN(C(=O)C2CCN(C3C(F)=C(C4CCCCC4)NCC3NC(=O)C(C(N)N)C3CC4(CCCC4)CCC(F)=CN3)CC2)CCN1. The normalized spacial score (nSPS) is 31.9. The third kappa shape index (κ3) is 8.02. The molecule has 6 aliphatic rings. The van der Waals surface area contributed by atoms with Crippen LogP contribution in [0.5, 0.6) is 0 Å². The van der Waals surface area contributed by atoms with Gasteiger partial charge < -0.3 is 37.6 Å².